The maximum Gasteiger partial charge on any atom is 0.263 e. The van der Waals surface area contributed by atoms with Crippen molar-refractivity contribution < 1.29 is 4.79 Å². The zero-order valence-corrected chi connectivity index (χ0v) is 16.2. The van der Waals surface area contributed by atoms with Gasteiger partial charge < -0.3 is 5.73 Å². The molecule has 2 aromatic heterocycles. The van der Waals surface area contributed by atoms with Gasteiger partial charge >= 0.3 is 0 Å². The highest BCUT2D eigenvalue weighted by Gasteiger charge is 2.20. The lowest BCUT2D eigenvalue weighted by Crippen LogP contribution is -2.26. The van der Waals surface area contributed by atoms with E-state index in [1.807, 2.05) is 36.6 Å². The van der Waals surface area contributed by atoms with E-state index >= 15 is 0 Å². The Morgan fingerprint density at radius 1 is 1.42 bits per heavy atom. The molecular formula is C19H19N3O2S2. The van der Waals surface area contributed by atoms with Crippen LogP contribution in [-0.4, -0.2) is 20.7 Å². The van der Waals surface area contributed by atoms with Gasteiger partial charge in [-0.25, -0.2) is 4.98 Å². The second-order valence-corrected chi connectivity index (χ2v) is 8.12. The van der Waals surface area contributed by atoms with Crippen LogP contribution in [-0.2, 0) is 11.3 Å². The molecule has 1 amide bonds. The fraction of sp³-hybridized carbons (Fsp3) is 0.211. The molecule has 26 heavy (non-hydrogen) atoms. The van der Waals surface area contributed by atoms with Gasteiger partial charge in [0.2, 0.25) is 5.91 Å². The van der Waals surface area contributed by atoms with Crippen molar-refractivity contribution in [3.8, 4) is 11.1 Å². The van der Waals surface area contributed by atoms with Crippen molar-refractivity contribution in [1.29, 1.82) is 0 Å². The highest BCUT2D eigenvalue weighted by atomic mass is 32.2. The van der Waals surface area contributed by atoms with Gasteiger partial charge in [0.25, 0.3) is 5.56 Å². The molecule has 0 radical (unpaired) electrons. The highest BCUT2D eigenvalue weighted by Crippen LogP contribution is 2.33. The number of amides is 1. The molecule has 0 saturated heterocycles. The summed E-state index contributed by atoms with van der Waals surface area (Å²) in [6, 6.07) is 8.05. The van der Waals surface area contributed by atoms with Crippen LogP contribution in [0.1, 0.15) is 12.5 Å². The van der Waals surface area contributed by atoms with Crippen molar-refractivity contribution in [1.82, 2.24) is 9.55 Å². The van der Waals surface area contributed by atoms with E-state index in [0.29, 0.717) is 21.9 Å². The average molecular weight is 386 g/mol. The minimum Gasteiger partial charge on any atom is -0.369 e. The van der Waals surface area contributed by atoms with E-state index in [-0.39, 0.29) is 5.56 Å². The molecule has 0 aliphatic heterocycles. The van der Waals surface area contributed by atoms with Crippen LogP contribution in [0.3, 0.4) is 0 Å². The first-order valence-electron chi connectivity index (χ1n) is 8.08. The van der Waals surface area contributed by atoms with Crippen LogP contribution in [0.4, 0.5) is 0 Å². The summed E-state index contributed by atoms with van der Waals surface area (Å²) in [6.45, 7) is 7.77. The minimum absolute atomic E-state index is 0.133. The Labute approximate surface area is 159 Å². The first-order valence-corrected chi connectivity index (χ1v) is 9.84. The van der Waals surface area contributed by atoms with Crippen molar-refractivity contribution in [2.24, 2.45) is 5.73 Å². The summed E-state index contributed by atoms with van der Waals surface area (Å²) in [5.74, 6) is -0.443. The lowest BCUT2D eigenvalue weighted by atomic mass is 10.1. The number of aryl methyl sites for hydroxylation is 1. The van der Waals surface area contributed by atoms with E-state index in [0.717, 1.165) is 16.7 Å². The minimum atomic E-state index is -0.480. The Morgan fingerprint density at radius 3 is 2.73 bits per heavy atom. The number of allylic oxidation sites excluding steroid dienone is 1. The Hall–Kier alpha value is -2.38. The summed E-state index contributed by atoms with van der Waals surface area (Å²) in [5.41, 5.74) is 8.24. The number of hydrogen-bond donors (Lipinski definition) is 1. The third kappa shape index (κ3) is 3.45. The molecule has 0 bridgehead atoms. The topological polar surface area (TPSA) is 78.0 Å². The number of thiophene rings is 1. The monoisotopic (exact) mass is 385 g/mol. The van der Waals surface area contributed by atoms with Gasteiger partial charge in [0.05, 0.1) is 10.6 Å². The molecule has 0 unspecified atom stereocenters. The molecule has 7 heteroatoms. The first-order chi connectivity index (χ1) is 12.4. The van der Waals surface area contributed by atoms with Crippen LogP contribution >= 0.6 is 23.1 Å². The van der Waals surface area contributed by atoms with Gasteiger partial charge in [-0.2, -0.15) is 0 Å². The lowest BCUT2D eigenvalue weighted by Gasteiger charge is -2.13. The Balaban J connectivity index is 2.20. The molecule has 0 aliphatic rings. The number of nitrogens with zero attached hydrogens (tertiary/aromatic N) is 2. The molecule has 134 valence electrons. The number of rotatable bonds is 6. The molecule has 0 spiro atoms. The van der Waals surface area contributed by atoms with Crippen molar-refractivity contribution in [3.63, 3.8) is 0 Å². The van der Waals surface area contributed by atoms with Crippen molar-refractivity contribution >= 4 is 39.2 Å². The zero-order valence-electron chi connectivity index (χ0n) is 14.6. The predicted molar refractivity (Wildman–Crippen MR) is 109 cm³/mol. The molecule has 2 heterocycles. The van der Waals surface area contributed by atoms with E-state index in [9.17, 15) is 9.59 Å². The van der Waals surface area contributed by atoms with Crippen LogP contribution < -0.4 is 11.3 Å². The molecule has 5 nitrogen and oxygen atoms in total. The van der Waals surface area contributed by atoms with Crippen LogP contribution in [0, 0.1) is 6.92 Å². The number of aromatic nitrogens is 2. The number of nitrogens with two attached hydrogens (primary N) is 1. The summed E-state index contributed by atoms with van der Waals surface area (Å²) in [4.78, 5) is 29.9. The van der Waals surface area contributed by atoms with Crippen LogP contribution in [0.15, 0.2) is 52.3 Å². The second kappa shape index (κ2) is 7.47. The fourth-order valence-corrected chi connectivity index (χ4v) is 4.40. The second-order valence-electron chi connectivity index (χ2n) is 5.96. The Kier molecular flexibility index (Phi) is 5.29. The van der Waals surface area contributed by atoms with Gasteiger partial charge in [-0.05, 0) is 19.4 Å². The maximum absolute atomic E-state index is 13.2. The maximum atomic E-state index is 13.2. The number of hydrogen-bond acceptors (Lipinski definition) is 5. The molecule has 0 fully saturated rings. The predicted octanol–water partition coefficient (Wildman–Crippen LogP) is 3.59. The van der Waals surface area contributed by atoms with Gasteiger partial charge in [-0.15, -0.1) is 17.9 Å². The van der Waals surface area contributed by atoms with E-state index < -0.39 is 11.2 Å². The fourth-order valence-electron chi connectivity index (χ4n) is 2.55. The van der Waals surface area contributed by atoms with Crippen LogP contribution in [0.25, 0.3) is 21.3 Å². The largest absolute Gasteiger partial charge is 0.369 e. The Morgan fingerprint density at radius 2 is 2.12 bits per heavy atom. The smallest absolute Gasteiger partial charge is 0.263 e. The summed E-state index contributed by atoms with van der Waals surface area (Å²) < 4.78 is 1.55. The third-order valence-corrected chi connectivity index (χ3v) is 6.00. The van der Waals surface area contributed by atoms with Crippen molar-refractivity contribution in [3.05, 3.63) is 58.2 Å². The lowest BCUT2D eigenvalue weighted by molar-refractivity contribution is -0.117. The number of carbonyl (C=O) groups excluding carboxylic acids is 1. The highest BCUT2D eigenvalue weighted by molar-refractivity contribution is 8.00. The molecule has 1 aromatic carbocycles. The van der Waals surface area contributed by atoms with Crippen LogP contribution in [0.5, 0.6) is 0 Å². The van der Waals surface area contributed by atoms with Crippen LogP contribution in [0.2, 0.25) is 0 Å². The zero-order chi connectivity index (χ0) is 18.8. The molecule has 0 saturated carbocycles. The number of primary amides is 1. The normalized spacial score (nSPS) is 12.2. The van der Waals surface area contributed by atoms with Crippen molar-refractivity contribution in [2.75, 3.05) is 0 Å². The third-order valence-electron chi connectivity index (χ3n) is 4.02. The van der Waals surface area contributed by atoms with Gasteiger partial charge in [0.1, 0.15) is 4.83 Å². The van der Waals surface area contributed by atoms with E-state index in [4.69, 9.17) is 5.73 Å². The number of fused-ring (bicyclic) bond motifs is 1. The first kappa shape index (κ1) is 18.4. The summed E-state index contributed by atoms with van der Waals surface area (Å²) >= 11 is 2.61. The van der Waals surface area contributed by atoms with E-state index in [1.54, 1.807) is 17.6 Å². The van der Waals surface area contributed by atoms with Gasteiger partial charge in [0.15, 0.2) is 5.16 Å². The molecule has 3 rings (SSSR count). The van der Waals surface area contributed by atoms with Gasteiger partial charge in [-0.3, -0.25) is 14.2 Å². The standard InChI is InChI=1S/C19H19N3O2S2/c1-4-9-22-18(24)15-14(13-7-5-11(2)6-8-13)10-25-17(15)21-19(22)26-12(3)16(20)23/h4-8,10,12H,1,9H2,2-3H3,(H2,20,23)/t12-/m1/s1. The number of benzene rings is 1. The van der Waals surface area contributed by atoms with Gasteiger partial charge in [-0.1, -0.05) is 47.7 Å². The average Bonchev–Trinajstić information content (AvgIpc) is 3.03. The van der Waals surface area contributed by atoms with Crippen molar-refractivity contribution in [2.45, 2.75) is 30.8 Å². The summed E-state index contributed by atoms with van der Waals surface area (Å²) in [5, 5.41) is 2.54. The SMILES string of the molecule is C=CCn1c(S[C@H](C)C(N)=O)nc2scc(-c3ccc(C)cc3)c2c1=O. The molecule has 1 atom stereocenters. The molecule has 2 N–H and O–H groups in total. The Bertz CT molecular complexity index is 1040. The summed E-state index contributed by atoms with van der Waals surface area (Å²) in [6.07, 6.45) is 1.64. The number of carbonyl (C=O) groups is 1. The number of thioether (sulfide) groups is 1. The molecule has 3 aromatic rings. The summed E-state index contributed by atoms with van der Waals surface area (Å²) in [7, 11) is 0. The van der Waals surface area contributed by atoms with E-state index in [2.05, 4.69) is 11.6 Å². The molecule has 0 aliphatic carbocycles. The molecular weight excluding hydrogens is 366 g/mol. The quantitative estimate of drug-likeness (QED) is 0.400. The van der Waals surface area contributed by atoms with E-state index in [1.165, 1.54) is 23.1 Å². The van der Waals surface area contributed by atoms with Gasteiger partial charge in [0, 0.05) is 17.5 Å².